The first kappa shape index (κ1) is 15.6. The molecule has 4 rings (SSSR count). The first-order chi connectivity index (χ1) is 11.7. The summed E-state index contributed by atoms with van der Waals surface area (Å²) in [5.41, 5.74) is 2.31. The Morgan fingerprint density at radius 3 is 2.83 bits per heavy atom. The van der Waals surface area contributed by atoms with E-state index in [1.54, 1.807) is 10.7 Å². The lowest BCUT2D eigenvalue weighted by Crippen LogP contribution is -2.38. The van der Waals surface area contributed by atoms with E-state index in [2.05, 4.69) is 28.2 Å². The molecule has 2 aliphatic rings. The van der Waals surface area contributed by atoms with Gasteiger partial charge in [-0.25, -0.2) is 4.68 Å². The Hall–Kier alpha value is -1.95. The zero-order chi connectivity index (χ0) is 16.5. The smallest absolute Gasteiger partial charge is 0.266 e. The van der Waals surface area contributed by atoms with Gasteiger partial charge in [-0.3, -0.25) is 14.4 Å². The molecule has 2 aromatic heterocycles. The van der Waals surface area contributed by atoms with E-state index in [9.17, 15) is 4.79 Å². The van der Waals surface area contributed by atoms with E-state index < -0.39 is 0 Å². The Morgan fingerprint density at radius 1 is 1.21 bits per heavy atom. The van der Waals surface area contributed by atoms with Gasteiger partial charge in [-0.05, 0) is 50.8 Å². The molecule has 6 nitrogen and oxygen atoms in total. The van der Waals surface area contributed by atoms with Crippen molar-refractivity contribution < 1.29 is 0 Å². The fourth-order valence-corrected chi connectivity index (χ4v) is 3.61. The van der Waals surface area contributed by atoms with E-state index in [4.69, 9.17) is 0 Å². The van der Waals surface area contributed by atoms with Crippen LogP contribution in [0.25, 0.3) is 0 Å². The molecule has 0 amide bonds. The molecule has 0 bridgehead atoms. The van der Waals surface area contributed by atoms with Gasteiger partial charge in [0.15, 0.2) is 0 Å². The number of rotatable bonds is 6. The molecular formula is C18H25N5O. The summed E-state index contributed by atoms with van der Waals surface area (Å²) in [5, 5.41) is 8.97. The molecule has 1 atom stereocenters. The van der Waals surface area contributed by atoms with Crippen molar-refractivity contribution in [1.29, 1.82) is 0 Å². The van der Waals surface area contributed by atoms with E-state index >= 15 is 0 Å². The highest BCUT2D eigenvalue weighted by molar-refractivity contribution is 5.12. The lowest BCUT2D eigenvalue weighted by atomic mass is 10.2. The predicted molar refractivity (Wildman–Crippen MR) is 92.0 cm³/mol. The maximum absolute atomic E-state index is 12.2. The SMILES string of the molecule is Cc1cnn(CCN2CCCC2Cn2nc(C3CC3)ccc2=O)c1. The molecule has 2 fully saturated rings. The van der Waals surface area contributed by atoms with Crippen LogP contribution in [0.3, 0.4) is 0 Å². The monoisotopic (exact) mass is 327 g/mol. The zero-order valence-electron chi connectivity index (χ0n) is 14.3. The number of likely N-dealkylation sites (tertiary alicyclic amines) is 1. The molecule has 1 saturated heterocycles. The second kappa shape index (κ2) is 6.51. The molecule has 0 aromatic carbocycles. The van der Waals surface area contributed by atoms with Gasteiger partial charge < -0.3 is 0 Å². The van der Waals surface area contributed by atoms with Gasteiger partial charge in [0.1, 0.15) is 0 Å². The van der Waals surface area contributed by atoms with Crippen molar-refractivity contribution in [1.82, 2.24) is 24.5 Å². The fraction of sp³-hybridized carbons (Fsp3) is 0.611. The molecule has 0 N–H and O–H groups in total. The van der Waals surface area contributed by atoms with Gasteiger partial charge >= 0.3 is 0 Å². The van der Waals surface area contributed by atoms with E-state index in [0.717, 1.165) is 31.7 Å². The Morgan fingerprint density at radius 2 is 2.08 bits per heavy atom. The van der Waals surface area contributed by atoms with Crippen molar-refractivity contribution in [2.75, 3.05) is 13.1 Å². The van der Waals surface area contributed by atoms with Crippen LogP contribution < -0.4 is 5.56 Å². The minimum absolute atomic E-state index is 0.0222. The van der Waals surface area contributed by atoms with Crippen LogP contribution in [0.1, 0.15) is 42.9 Å². The van der Waals surface area contributed by atoms with E-state index in [1.165, 1.54) is 24.8 Å². The molecule has 0 radical (unpaired) electrons. The second-order valence-corrected chi connectivity index (χ2v) is 7.17. The standard InChI is InChI=1S/C18H25N5O/c1-14-11-19-22(12-14)10-9-21-8-2-3-16(21)13-23-18(24)7-6-17(20-23)15-4-5-15/h6-7,11-12,15-16H,2-5,8-10,13H2,1H3. The average Bonchev–Trinajstić information content (AvgIpc) is 3.20. The summed E-state index contributed by atoms with van der Waals surface area (Å²) in [5.74, 6) is 0.583. The summed E-state index contributed by atoms with van der Waals surface area (Å²) in [6.07, 6.45) is 8.73. The zero-order valence-corrected chi connectivity index (χ0v) is 14.3. The molecule has 1 aliphatic heterocycles. The number of hydrogen-bond donors (Lipinski definition) is 0. The van der Waals surface area contributed by atoms with Gasteiger partial charge in [0.05, 0.1) is 25.0 Å². The van der Waals surface area contributed by atoms with Crippen LogP contribution in [-0.2, 0) is 13.1 Å². The quantitative estimate of drug-likeness (QED) is 0.812. The first-order valence-corrected chi connectivity index (χ1v) is 9.00. The highest BCUT2D eigenvalue weighted by Gasteiger charge is 2.28. The number of nitrogens with zero attached hydrogens (tertiary/aromatic N) is 5. The third kappa shape index (κ3) is 3.43. The van der Waals surface area contributed by atoms with Gasteiger partial charge in [0.25, 0.3) is 5.56 Å². The first-order valence-electron chi connectivity index (χ1n) is 9.00. The summed E-state index contributed by atoms with van der Waals surface area (Å²) >= 11 is 0. The minimum Gasteiger partial charge on any atom is -0.297 e. The maximum atomic E-state index is 12.2. The van der Waals surface area contributed by atoms with Crippen LogP contribution in [0.2, 0.25) is 0 Å². The number of hydrogen-bond acceptors (Lipinski definition) is 4. The fourth-order valence-electron chi connectivity index (χ4n) is 3.61. The lowest BCUT2D eigenvalue weighted by molar-refractivity contribution is 0.213. The van der Waals surface area contributed by atoms with Crippen LogP contribution in [0.5, 0.6) is 0 Å². The summed E-state index contributed by atoms with van der Waals surface area (Å²) in [7, 11) is 0. The highest BCUT2D eigenvalue weighted by atomic mass is 16.1. The Bertz CT molecular complexity index is 761. The van der Waals surface area contributed by atoms with E-state index in [-0.39, 0.29) is 5.56 Å². The molecule has 1 saturated carbocycles. The van der Waals surface area contributed by atoms with Crippen LogP contribution in [0.15, 0.2) is 29.3 Å². The van der Waals surface area contributed by atoms with Crippen LogP contribution in [0, 0.1) is 6.92 Å². The van der Waals surface area contributed by atoms with Gasteiger partial charge in [0.2, 0.25) is 0 Å². The van der Waals surface area contributed by atoms with Gasteiger partial charge in [0, 0.05) is 30.8 Å². The molecule has 0 spiro atoms. The Balaban J connectivity index is 1.41. The molecule has 2 aromatic rings. The van der Waals surface area contributed by atoms with E-state index in [0.29, 0.717) is 18.5 Å². The number of aromatic nitrogens is 4. The van der Waals surface area contributed by atoms with Crippen molar-refractivity contribution >= 4 is 0 Å². The van der Waals surface area contributed by atoms with Crippen LogP contribution >= 0.6 is 0 Å². The molecule has 6 heteroatoms. The molecular weight excluding hydrogens is 302 g/mol. The molecule has 1 unspecified atom stereocenters. The molecule has 128 valence electrons. The van der Waals surface area contributed by atoms with Crippen molar-refractivity contribution in [3.05, 3.63) is 46.1 Å². The minimum atomic E-state index is 0.0222. The topological polar surface area (TPSA) is 56.0 Å². The highest BCUT2D eigenvalue weighted by Crippen LogP contribution is 2.38. The lowest BCUT2D eigenvalue weighted by Gasteiger charge is -2.24. The largest absolute Gasteiger partial charge is 0.297 e. The predicted octanol–water partition coefficient (Wildman–Crippen LogP) is 1.79. The van der Waals surface area contributed by atoms with Crippen molar-refractivity contribution in [3.63, 3.8) is 0 Å². The Kier molecular flexibility index (Phi) is 4.22. The Labute approximate surface area is 142 Å². The normalized spacial score (nSPS) is 21.5. The van der Waals surface area contributed by atoms with Crippen molar-refractivity contribution in [2.24, 2.45) is 0 Å². The molecule has 24 heavy (non-hydrogen) atoms. The summed E-state index contributed by atoms with van der Waals surface area (Å²) < 4.78 is 3.69. The second-order valence-electron chi connectivity index (χ2n) is 7.17. The average molecular weight is 327 g/mol. The van der Waals surface area contributed by atoms with Crippen LogP contribution in [-0.4, -0.2) is 43.6 Å². The third-order valence-electron chi connectivity index (χ3n) is 5.14. The van der Waals surface area contributed by atoms with E-state index in [1.807, 2.05) is 16.9 Å². The third-order valence-corrected chi connectivity index (χ3v) is 5.14. The van der Waals surface area contributed by atoms with Gasteiger partial charge in [-0.2, -0.15) is 10.2 Å². The molecule has 1 aliphatic carbocycles. The summed E-state index contributed by atoms with van der Waals surface area (Å²) in [6, 6.07) is 4.00. The van der Waals surface area contributed by atoms with Crippen LogP contribution in [0.4, 0.5) is 0 Å². The van der Waals surface area contributed by atoms with Crippen molar-refractivity contribution in [3.8, 4) is 0 Å². The summed E-state index contributed by atoms with van der Waals surface area (Å²) in [4.78, 5) is 14.6. The van der Waals surface area contributed by atoms with Gasteiger partial charge in [-0.15, -0.1) is 0 Å². The molecule has 3 heterocycles. The maximum Gasteiger partial charge on any atom is 0.266 e. The number of aryl methyl sites for hydroxylation is 1. The van der Waals surface area contributed by atoms with Gasteiger partial charge in [-0.1, -0.05) is 0 Å². The van der Waals surface area contributed by atoms with Crippen molar-refractivity contribution in [2.45, 2.75) is 57.7 Å². The summed E-state index contributed by atoms with van der Waals surface area (Å²) in [6.45, 7) is 5.74.